The number of carbonyl (C=O) groups excluding carboxylic acids is 1. The number of nitrogens with zero attached hydrogens (tertiary/aromatic N) is 1. The van der Waals surface area contributed by atoms with Gasteiger partial charge in [0.15, 0.2) is 5.43 Å². The Morgan fingerprint density at radius 3 is 2.49 bits per heavy atom. The van der Waals surface area contributed by atoms with E-state index in [2.05, 4.69) is 5.32 Å². The molecule has 5 rings (SSSR count). The second kappa shape index (κ2) is 9.21. The molecule has 3 aromatic rings. The van der Waals surface area contributed by atoms with E-state index in [0.29, 0.717) is 35.5 Å². The number of amides is 1. The Balaban J connectivity index is 1.45. The maximum absolute atomic E-state index is 13.1. The summed E-state index contributed by atoms with van der Waals surface area (Å²) >= 11 is 0. The van der Waals surface area contributed by atoms with Crippen molar-refractivity contribution in [2.45, 2.75) is 51.5 Å². The van der Waals surface area contributed by atoms with E-state index >= 15 is 0 Å². The van der Waals surface area contributed by atoms with Crippen molar-refractivity contribution in [3.05, 3.63) is 75.1 Å². The molecule has 0 spiro atoms. The smallest absolute Gasteiger partial charge is 0.337 e. The van der Waals surface area contributed by atoms with Crippen LogP contribution in [0, 0.1) is 12.8 Å². The lowest BCUT2D eigenvalue weighted by Gasteiger charge is -2.31. The van der Waals surface area contributed by atoms with Crippen LogP contribution in [0.25, 0.3) is 11.0 Å². The van der Waals surface area contributed by atoms with Crippen LogP contribution >= 0.6 is 0 Å². The van der Waals surface area contributed by atoms with Gasteiger partial charge in [-0.05, 0) is 63.3 Å². The molecule has 2 heterocycles. The van der Waals surface area contributed by atoms with Crippen molar-refractivity contribution in [2.24, 2.45) is 5.92 Å². The summed E-state index contributed by atoms with van der Waals surface area (Å²) in [6.45, 7) is 5.24. The van der Waals surface area contributed by atoms with Crippen molar-refractivity contribution in [2.75, 3.05) is 18.4 Å². The van der Waals surface area contributed by atoms with Crippen LogP contribution in [0.3, 0.4) is 0 Å². The van der Waals surface area contributed by atoms with E-state index in [-0.39, 0.29) is 34.8 Å². The molecule has 7 heteroatoms. The number of piperidine rings is 1. The molecule has 0 radical (unpaired) electrons. The van der Waals surface area contributed by atoms with Crippen LogP contribution in [0.5, 0.6) is 0 Å². The van der Waals surface area contributed by atoms with Crippen LogP contribution in [-0.4, -0.2) is 35.0 Å². The molecule has 1 aliphatic carbocycles. The Kier molecular flexibility index (Phi) is 6.09. The predicted molar refractivity (Wildman–Crippen MR) is 134 cm³/mol. The second-order valence-corrected chi connectivity index (χ2v) is 9.83. The highest BCUT2D eigenvalue weighted by molar-refractivity contribution is 5.94. The van der Waals surface area contributed by atoms with Gasteiger partial charge in [-0.3, -0.25) is 9.59 Å². The first-order valence-corrected chi connectivity index (χ1v) is 12.3. The normalized spacial score (nSPS) is 17.4. The molecular weight excluding hydrogens is 444 g/mol. The summed E-state index contributed by atoms with van der Waals surface area (Å²) in [5, 5.41) is 13.4. The molecule has 2 aromatic carbocycles. The number of benzene rings is 2. The first kappa shape index (κ1) is 23.1. The minimum Gasteiger partial charge on any atom is -0.478 e. The fourth-order valence-corrected chi connectivity index (χ4v) is 5.05. The molecule has 35 heavy (non-hydrogen) atoms. The summed E-state index contributed by atoms with van der Waals surface area (Å²) in [5.74, 6) is 0.221. The second-order valence-electron chi connectivity index (χ2n) is 9.83. The van der Waals surface area contributed by atoms with Gasteiger partial charge in [-0.15, -0.1) is 0 Å². The van der Waals surface area contributed by atoms with Gasteiger partial charge in [-0.2, -0.15) is 0 Å². The van der Waals surface area contributed by atoms with Crippen molar-refractivity contribution in [1.82, 2.24) is 4.90 Å². The molecule has 182 valence electrons. The number of fused-ring (bicyclic) bond motifs is 1. The number of nitrogens with one attached hydrogen (secondary N) is 1. The first-order chi connectivity index (χ1) is 16.8. The summed E-state index contributed by atoms with van der Waals surface area (Å²) in [4.78, 5) is 39.1. The Hall–Kier alpha value is -3.61. The van der Waals surface area contributed by atoms with E-state index in [1.165, 1.54) is 0 Å². The van der Waals surface area contributed by atoms with Crippen LogP contribution in [-0.2, 0) is 4.79 Å². The largest absolute Gasteiger partial charge is 0.478 e. The molecule has 1 aliphatic heterocycles. The third-order valence-electron chi connectivity index (χ3n) is 7.15. The number of aromatic carboxylic acids is 1. The number of likely N-dealkylation sites (tertiary alicyclic amines) is 1. The predicted octanol–water partition coefficient (Wildman–Crippen LogP) is 5.09. The van der Waals surface area contributed by atoms with E-state index in [1.807, 2.05) is 30.9 Å². The lowest BCUT2D eigenvalue weighted by molar-refractivity contribution is -0.133. The van der Waals surface area contributed by atoms with Crippen molar-refractivity contribution >= 4 is 28.5 Å². The summed E-state index contributed by atoms with van der Waals surface area (Å²) < 4.78 is 6.40. The van der Waals surface area contributed by atoms with Crippen molar-refractivity contribution in [3.8, 4) is 0 Å². The molecule has 1 saturated heterocycles. The fourth-order valence-electron chi connectivity index (χ4n) is 5.05. The number of anilines is 1. The van der Waals surface area contributed by atoms with Gasteiger partial charge in [0.05, 0.1) is 17.0 Å². The minimum atomic E-state index is -1.00. The topological polar surface area (TPSA) is 99.8 Å². The van der Waals surface area contributed by atoms with E-state index in [9.17, 15) is 19.5 Å². The molecule has 2 N–H and O–H groups in total. The Bertz CT molecular complexity index is 1350. The van der Waals surface area contributed by atoms with E-state index < -0.39 is 5.97 Å². The summed E-state index contributed by atoms with van der Waals surface area (Å²) in [6, 6.07) is 11.9. The number of carboxylic acid groups (broad SMARTS) is 1. The number of rotatable bonds is 6. The molecule has 2 fully saturated rings. The van der Waals surface area contributed by atoms with Gasteiger partial charge in [-0.1, -0.05) is 18.2 Å². The average Bonchev–Trinajstić information content (AvgIpc) is 3.69. The van der Waals surface area contributed by atoms with Gasteiger partial charge in [0.2, 0.25) is 5.91 Å². The van der Waals surface area contributed by atoms with Gasteiger partial charge >= 0.3 is 5.97 Å². The molecule has 0 bridgehead atoms. The van der Waals surface area contributed by atoms with E-state index in [1.54, 1.807) is 30.3 Å². The van der Waals surface area contributed by atoms with Crippen LogP contribution in [0.2, 0.25) is 0 Å². The summed E-state index contributed by atoms with van der Waals surface area (Å²) in [5.41, 5.74) is 2.88. The third kappa shape index (κ3) is 4.67. The van der Waals surface area contributed by atoms with Crippen molar-refractivity contribution in [1.29, 1.82) is 0 Å². The molecule has 7 nitrogen and oxygen atoms in total. The van der Waals surface area contributed by atoms with Gasteiger partial charge in [0.1, 0.15) is 11.3 Å². The van der Waals surface area contributed by atoms with Gasteiger partial charge < -0.3 is 19.7 Å². The zero-order valence-corrected chi connectivity index (χ0v) is 20.0. The third-order valence-corrected chi connectivity index (χ3v) is 7.15. The molecular formula is C28H30N2O5. The molecule has 1 unspecified atom stereocenters. The number of aryl methyl sites for hydroxylation is 1. The van der Waals surface area contributed by atoms with Crippen LogP contribution in [0.4, 0.5) is 5.69 Å². The monoisotopic (exact) mass is 474 g/mol. The SMILES string of the molecule is Cc1cc(C(C)Nc2ccccc2C(=O)O)c2oc(C3CCN(C(=O)C4CC4)CC3)cc(=O)c2c1. The Labute approximate surface area is 203 Å². The molecule has 1 aromatic heterocycles. The number of hydrogen-bond acceptors (Lipinski definition) is 5. The lowest BCUT2D eigenvalue weighted by Crippen LogP contribution is -2.38. The lowest BCUT2D eigenvalue weighted by atomic mass is 9.93. The summed E-state index contributed by atoms with van der Waals surface area (Å²) in [7, 11) is 0. The molecule has 1 saturated carbocycles. The highest BCUT2D eigenvalue weighted by Crippen LogP contribution is 2.36. The quantitative estimate of drug-likeness (QED) is 0.516. The van der Waals surface area contributed by atoms with E-state index in [4.69, 9.17) is 4.42 Å². The number of carbonyl (C=O) groups is 2. The maximum Gasteiger partial charge on any atom is 0.337 e. The van der Waals surface area contributed by atoms with Crippen LogP contribution in [0.1, 0.15) is 71.8 Å². The van der Waals surface area contributed by atoms with Crippen molar-refractivity contribution in [3.63, 3.8) is 0 Å². The van der Waals surface area contributed by atoms with Crippen LogP contribution in [0.15, 0.2) is 51.7 Å². The standard InChI is InChI=1S/C28H30N2O5/c1-16-13-21(17(2)29-23-6-4-3-5-20(23)28(33)34)26-22(14-16)24(31)15-25(35-26)18-9-11-30(12-10-18)27(32)19-7-8-19/h3-6,13-15,17-19,29H,7-12H2,1-2H3,(H,33,34). The molecule has 1 amide bonds. The molecule has 2 aliphatic rings. The van der Waals surface area contributed by atoms with Crippen LogP contribution < -0.4 is 10.7 Å². The first-order valence-electron chi connectivity index (χ1n) is 12.3. The Morgan fingerprint density at radius 2 is 1.80 bits per heavy atom. The Morgan fingerprint density at radius 1 is 1.09 bits per heavy atom. The maximum atomic E-state index is 13.1. The molecule has 1 atom stereocenters. The van der Waals surface area contributed by atoms with Crippen molar-refractivity contribution < 1.29 is 19.1 Å². The number of carboxylic acids is 1. The highest BCUT2D eigenvalue weighted by atomic mass is 16.4. The number of para-hydroxylation sites is 1. The fraction of sp³-hybridized carbons (Fsp3) is 0.393. The average molecular weight is 475 g/mol. The zero-order valence-electron chi connectivity index (χ0n) is 20.0. The number of hydrogen-bond donors (Lipinski definition) is 2. The van der Waals surface area contributed by atoms with E-state index in [0.717, 1.165) is 36.8 Å². The minimum absolute atomic E-state index is 0.0826. The zero-order chi connectivity index (χ0) is 24.7. The van der Waals surface area contributed by atoms with Gasteiger partial charge in [0.25, 0.3) is 0 Å². The summed E-state index contributed by atoms with van der Waals surface area (Å²) in [6.07, 6.45) is 3.55. The highest BCUT2D eigenvalue weighted by Gasteiger charge is 2.35. The van der Waals surface area contributed by atoms with Gasteiger partial charge in [0, 0.05) is 42.2 Å². The van der Waals surface area contributed by atoms with Gasteiger partial charge in [-0.25, -0.2) is 4.79 Å².